The van der Waals surface area contributed by atoms with Crippen LogP contribution in [0, 0.1) is 0 Å². The van der Waals surface area contributed by atoms with Gasteiger partial charge in [-0.1, -0.05) is 168 Å². The molecule has 0 aliphatic rings. The second-order valence-corrected chi connectivity index (χ2v) is 13.2. The Morgan fingerprint density at radius 1 is 0.378 bits per heavy atom. The van der Waals surface area contributed by atoms with Gasteiger partial charge in [0.25, 0.3) is 0 Å². The first-order valence-electron chi connectivity index (χ1n) is 19.6. The lowest BCUT2D eigenvalue weighted by Crippen LogP contribution is -2.37. The first kappa shape index (κ1) is 43.4. The van der Waals surface area contributed by atoms with Crippen molar-refractivity contribution < 1.29 is 23.9 Å². The van der Waals surface area contributed by atoms with Crippen LogP contribution < -0.4 is 0 Å². The maximum absolute atomic E-state index is 12.9. The van der Waals surface area contributed by atoms with Gasteiger partial charge < -0.3 is 14.4 Å². The molecular weight excluding hydrogens is 562 g/mol. The van der Waals surface area contributed by atoms with Crippen LogP contribution in [-0.4, -0.2) is 49.0 Å². The molecule has 1 amide bonds. The van der Waals surface area contributed by atoms with Crippen molar-refractivity contribution in [1.29, 1.82) is 0 Å². The third-order valence-corrected chi connectivity index (χ3v) is 8.81. The molecule has 0 aromatic heterocycles. The molecular formula is C39H75NO5. The fraction of sp³-hybridized carbons (Fsp3) is 0.923. The normalized spacial score (nSPS) is 11.1. The van der Waals surface area contributed by atoms with Crippen molar-refractivity contribution in [3.8, 4) is 0 Å². The largest absolute Gasteiger partial charge is 0.464 e. The first-order valence-corrected chi connectivity index (χ1v) is 19.6. The van der Waals surface area contributed by atoms with Gasteiger partial charge in [0.2, 0.25) is 5.91 Å². The molecule has 45 heavy (non-hydrogen) atoms. The maximum atomic E-state index is 12.9. The quantitative estimate of drug-likeness (QED) is 0.0510. The zero-order valence-corrected chi connectivity index (χ0v) is 30.3. The van der Waals surface area contributed by atoms with Gasteiger partial charge in [0.05, 0.1) is 13.1 Å². The molecule has 0 heterocycles. The van der Waals surface area contributed by atoms with Crippen molar-refractivity contribution in [2.45, 2.75) is 207 Å². The van der Waals surface area contributed by atoms with Crippen LogP contribution in [0.4, 0.5) is 0 Å². The van der Waals surface area contributed by atoms with E-state index in [1.54, 1.807) is 4.90 Å². The van der Waals surface area contributed by atoms with E-state index in [1.807, 2.05) is 0 Å². The Labute approximate surface area is 279 Å². The second kappa shape index (κ2) is 35.3. The van der Waals surface area contributed by atoms with Crippen LogP contribution in [0.1, 0.15) is 207 Å². The molecule has 0 saturated heterocycles. The van der Waals surface area contributed by atoms with E-state index in [0.717, 1.165) is 51.4 Å². The van der Waals surface area contributed by atoms with Crippen molar-refractivity contribution in [3.05, 3.63) is 0 Å². The highest BCUT2D eigenvalue weighted by molar-refractivity contribution is 5.76. The van der Waals surface area contributed by atoms with Crippen molar-refractivity contribution in [2.75, 3.05) is 26.3 Å². The Morgan fingerprint density at radius 3 is 0.978 bits per heavy atom. The molecule has 0 rings (SSSR count). The molecule has 0 aliphatic carbocycles. The smallest absolute Gasteiger partial charge is 0.305 e. The van der Waals surface area contributed by atoms with E-state index in [0.29, 0.717) is 32.4 Å². The molecule has 0 aromatic rings. The number of rotatable bonds is 35. The van der Waals surface area contributed by atoms with E-state index in [9.17, 15) is 14.4 Å². The summed E-state index contributed by atoms with van der Waals surface area (Å²) in [5, 5.41) is 0. The molecule has 0 radical (unpaired) electrons. The lowest BCUT2D eigenvalue weighted by Gasteiger charge is -2.22. The Bertz CT molecular complexity index is 624. The molecule has 6 heteroatoms. The Morgan fingerprint density at radius 2 is 0.644 bits per heavy atom. The van der Waals surface area contributed by atoms with Crippen LogP contribution in [0.2, 0.25) is 0 Å². The molecule has 6 nitrogen and oxygen atoms in total. The summed E-state index contributed by atoms with van der Waals surface area (Å²) in [6.07, 6.45) is 33.0. The molecule has 0 bridgehead atoms. The van der Waals surface area contributed by atoms with Gasteiger partial charge in [0.1, 0.15) is 13.2 Å². The van der Waals surface area contributed by atoms with E-state index in [4.69, 9.17) is 9.47 Å². The minimum Gasteiger partial charge on any atom is -0.464 e. The molecule has 0 fully saturated rings. The topological polar surface area (TPSA) is 72.9 Å². The summed E-state index contributed by atoms with van der Waals surface area (Å²) in [4.78, 5) is 39.1. The van der Waals surface area contributed by atoms with Crippen LogP contribution >= 0.6 is 0 Å². The molecule has 0 atom stereocenters. The lowest BCUT2D eigenvalue weighted by molar-refractivity contribution is -0.147. The van der Waals surface area contributed by atoms with Crippen LogP contribution in [0.15, 0.2) is 0 Å². The fourth-order valence-electron chi connectivity index (χ4n) is 5.77. The SMILES string of the molecule is CCCCCCCCCCCCCC(=O)OCCN(CCOC(=O)CCCCCCCCCCCCC)C(=O)CCCCCC. The number of carbonyl (C=O) groups excluding carboxylic acids is 3. The summed E-state index contributed by atoms with van der Waals surface area (Å²) >= 11 is 0. The summed E-state index contributed by atoms with van der Waals surface area (Å²) in [5.41, 5.74) is 0. The van der Waals surface area contributed by atoms with E-state index in [2.05, 4.69) is 20.8 Å². The van der Waals surface area contributed by atoms with Crippen LogP contribution in [0.5, 0.6) is 0 Å². The van der Waals surface area contributed by atoms with E-state index >= 15 is 0 Å². The number of amides is 1. The standard InChI is InChI=1S/C39H75NO5/c1-4-7-10-13-15-17-19-21-23-25-28-31-38(42)44-35-33-40(37(41)30-27-12-9-6-3)34-36-45-39(43)32-29-26-24-22-20-18-16-14-11-8-5-2/h4-36H2,1-3H3. The molecule has 0 saturated carbocycles. The summed E-state index contributed by atoms with van der Waals surface area (Å²) in [7, 11) is 0. The number of hydrogen-bond donors (Lipinski definition) is 0. The summed E-state index contributed by atoms with van der Waals surface area (Å²) < 4.78 is 10.9. The Kier molecular flexibility index (Phi) is 34.0. The highest BCUT2D eigenvalue weighted by atomic mass is 16.5. The van der Waals surface area contributed by atoms with Crippen LogP contribution in [0.25, 0.3) is 0 Å². The predicted molar refractivity (Wildman–Crippen MR) is 189 cm³/mol. The minimum atomic E-state index is -0.181. The number of hydrogen-bond acceptors (Lipinski definition) is 5. The van der Waals surface area contributed by atoms with Gasteiger partial charge >= 0.3 is 11.9 Å². The third kappa shape index (κ3) is 32.2. The average Bonchev–Trinajstić information content (AvgIpc) is 3.03. The summed E-state index contributed by atoms with van der Waals surface area (Å²) in [6, 6.07) is 0. The van der Waals surface area contributed by atoms with Gasteiger partial charge in [-0.15, -0.1) is 0 Å². The lowest BCUT2D eigenvalue weighted by atomic mass is 10.1. The van der Waals surface area contributed by atoms with E-state index in [1.165, 1.54) is 116 Å². The zero-order chi connectivity index (χ0) is 33.1. The van der Waals surface area contributed by atoms with Crippen LogP contribution in [-0.2, 0) is 23.9 Å². The predicted octanol–water partition coefficient (Wildman–Crippen LogP) is 11.3. The maximum Gasteiger partial charge on any atom is 0.305 e. The third-order valence-electron chi connectivity index (χ3n) is 8.81. The number of ether oxygens (including phenoxy) is 2. The number of carbonyl (C=O) groups is 3. The zero-order valence-electron chi connectivity index (χ0n) is 30.3. The summed E-state index contributed by atoms with van der Waals surface area (Å²) in [6.45, 7) is 7.77. The molecule has 0 N–H and O–H groups in total. The molecule has 0 aromatic carbocycles. The van der Waals surface area contributed by atoms with Gasteiger partial charge in [-0.05, 0) is 19.3 Å². The van der Waals surface area contributed by atoms with Crippen LogP contribution in [0.3, 0.4) is 0 Å². The number of nitrogens with zero attached hydrogens (tertiary/aromatic N) is 1. The van der Waals surface area contributed by atoms with Gasteiger partial charge in [0.15, 0.2) is 0 Å². The van der Waals surface area contributed by atoms with E-state index in [-0.39, 0.29) is 31.1 Å². The molecule has 0 spiro atoms. The summed E-state index contributed by atoms with van der Waals surface area (Å²) in [5.74, 6) is -0.312. The van der Waals surface area contributed by atoms with Crippen molar-refractivity contribution in [3.63, 3.8) is 0 Å². The Hall–Kier alpha value is -1.59. The second-order valence-electron chi connectivity index (χ2n) is 13.2. The molecule has 266 valence electrons. The van der Waals surface area contributed by atoms with Crippen molar-refractivity contribution in [1.82, 2.24) is 4.90 Å². The molecule has 0 unspecified atom stereocenters. The first-order chi connectivity index (χ1) is 22.0. The molecule has 0 aliphatic heterocycles. The minimum absolute atomic E-state index is 0.0499. The van der Waals surface area contributed by atoms with Gasteiger partial charge in [0, 0.05) is 19.3 Å². The van der Waals surface area contributed by atoms with Gasteiger partial charge in [-0.2, -0.15) is 0 Å². The number of unbranched alkanes of at least 4 members (excludes halogenated alkanes) is 23. The fourth-order valence-corrected chi connectivity index (χ4v) is 5.77. The van der Waals surface area contributed by atoms with Gasteiger partial charge in [-0.3, -0.25) is 14.4 Å². The van der Waals surface area contributed by atoms with Crippen molar-refractivity contribution in [2.24, 2.45) is 0 Å². The number of esters is 2. The van der Waals surface area contributed by atoms with Crippen molar-refractivity contribution >= 4 is 17.8 Å². The van der Waals surface area contributed by atoms with Gasteiger partial charge in [-0.25, -0.2) is 0 Å². The highest BCUT2D eigenvalue weighted by Crippen LogP contribution is 2.14. The highest BCUT2D eigenvalue weighted by Gasteiger charge is 2.15. The Balaban J connectivity index is 4.09. The monoisotopic (exact) mass is 638 g/mol. The van der Waals surface area contributed by atoms with E-state index < -0.39 is 0 Å². The average molecular weight is 638 g/mol.